The van der Waals surface area contributed by atoms with E-state index in [1.807, 2.05) is 41.5 Å². The number of ether oxygens (including phenoxy) is 4. The fraction of sp³-hybridized carbons (Fsp3) is 0.867. The van der Waals surface area contributed by atoms with Crippen molar-refractivity contribution in [3.63, 3.8) is 0 Å². The third kappa shape index (κ3) is 19.0. The molecule has 244 valence electrons. The van der Waals surface area contributed by atoms with Crippen LogP contribution in [0.25, 0.3) is 0 Å². The normalized spacial score (nSPS) is 17.5. The topological polar surface area (TPSA) is 118 Å². The van der Waals surface area contributed by atoms with Gasteiger partial charge in [0.25, 0.3) is 0 Å². The Morgan fingerprint density at radius 1 is 0.500 bits per heavy atom. The molecule has 1 aliphatic rings. The van der Waals surface area contributed by atoms with E-state index in [1.165, 1.54) is 0 Å². The summed E-state index contributed by atoms with van der Waals surface area (Å²) in [5, 5.41) is 0. The zero-order valence-corrected chi connectivity index (χ0v) is 27.4. The van der Waals surface area contributed by atoms with Crippen LogP contribution >= 0.6 is 0 Å². The highest BCUT2D eigenvalue weighted by atomic mass is 16.6. The van der Waals surface area contributed by atoms with Crippen molar-refractivity contribution in [3.8, 4) is 0 Å². The van der Waals surface area contributed by atoms with Gasteiger partial charge in [0.2, 0.25) is 0 Å². The lowest BCUT2D eigenvalue weighted by atomic mass is 10.2. The molecular formula is C30H56N4O8. The summed E-state index contributed by atoms with van der Waals surface area (Å²) in [4.78, 5) is 58.1. The molecule has 0 amide bonds. The van der Waals surface area contributed by atoms with Gasteiger partial charge in [-0.2, -0.15) is 0 Å². The Balaban J connectivity index is 3.05. The molecule has 42 heavy (non-hydrogen) atoms. The summed E-state index contributed by atoms with van der Waals surface area (Å²) in [6, 6.07) is 0. The fourth-order valence-corrected chi connectivity index (χ4v) is 4.40. The van der Waals surface area contributed by atoms with Crippen LogP contribution in [-0.4, -0.2) is 146 Å². The number of esters is 4. The van der Waals surface area contributed by atoms with E-state index < -0.39 is 11.2 Å². The second-order valence-corrected chi connectivity index (χ2v) is 12.5. The number of carbonyl (C=O) groups is 4. The van der Waals surface area contributed by atoms with Crippen molar-refractivity contribution in [2.45, 2.75) is 79.4 Å². The Hall–Kier alpha value is -2.28. The van der Waals surface area contributed by atoms with E-state index in [0.29, 0.717) is 78.7 Å². The largest absolute Gasteiger partial charge is 0.465 e. The molecule has 0 N–H and O–H groups in total. The minimum absolute atomic E-state index is 0.155. The third-order valence-electron chi connectivity index (χ3n) is 6.35. The van der Waals surface area contributed by atoms with Crippen LogP contribution in [0.4, 0.5) is 0 Å². The number of hydrogen-bond acceptors (Lipinski definition) is 12. The minimum Gasteiger partial charge on any atom is -0.465 e. The van der Waals surface area contributed by atoms with Crippen molar-refractivity contribution < 1.29 is 38.1 Å². The van der Waals surface area contributed by atoms with Gasteiger partial charge in [0.15, 0.2) is 0 Å². The van der Waals surface area contributed by atoms with Crippen LogP contribution in [-0.2, 0) is 38.1 Å². The summed E-state index contributed by atoms with van der Waals surface area (Å²) >= 11 is 0. The van der Waals surface area contributed by atoms with E-state index in [1.54, 1.807) is 13.8 Å². The molecule has 1 fully saturated rings. The summed E-state index contributed by atoms with van der Waals surface area (Å²) in [6.45, 7) is 21.4. The van der Waals surface area contributed by atoms with Gasteiger partial charge in [0.1, 0.15) is 11.2 Å². The van der Waals surface area contributed by atoms with Gasteiger partial charge >= 0.3 is 23.9 Å². The maximum atomic E-state index is 12.4. The summed E-state index contributed by atoms with van der Waals surface area (Å²) < 4.78 is 21.4. The molecule has 0 aliphatic carbocycles. The lowest BCUT2D eigenvalue weighted by Crippen LogP contribution is -2.48. The van der Waals surface area contributed by atoms with Gasteiger partial charge in [-0.15, -0.1) is 0 Å². The van der Waals surface area contributed by atoms with E-state index in [0.717, 1.165) is 0 Å². The van der Waals surface area contributed by atoms with Gasteiger partial charge in [0, 0.05) is 65.4 Å². The van der Waals surface area contributed by atoms with E-state index in [-0.39, 0.29) is 49.8 Å². The van der Waals surface area contributed by atoms with E-state index >= 15 is 0 Å². The maximum absolute atomic E-state index is 12.4. The predicted octanol–water partition coefficient (Wildman–Crippen LogP) is 1.80. The van der Waals surface area contributed by atoms with Crippen LogP contribution in [0.1, 0.15) is 68.2 Å². The molecule has 1 rings (SSSR count). The number of hydrogen-bond donors (Lipinski definition) is 0. The first-order valence-electron chi connectivity index (χ1n) is 15.2. The molecule has 0 bridgehead atoms. The van der Waals surface area contributed by atoms with Crippen molar-refractivity contribution >= 4 is 23.9 Å². The second kappa shape index (κ2) is 19.1. The maximum Gasteiger partial charge on any atom is 0.320 e. The predicted molar refractivity (Wildman–Crippen MR) is 160 cm³/mol. The summed E-state index contributed by atoms with van der Waals surface area (Å²) in [5.41, 5.74) is -1.11. The van der Waals surface area contributed by atoms with Crippen LogP contribution < -0.4 is 0 Å². The molecule has 1 saturated heterocycles. The van der Waals surface area contributed by atoms with Gasteiger partial charge in [-0.3, -0.25) is 29.0 Å². The summed E-state index contributed by atoms with van der Waals surface area (Å²) in [5.74, 6) is -1.10. The average Bonchev–Trinajstić information content (AvgIpc) is 2.84. The molecule has 12 nitrogen and oxygen atoms in total. The van der Waals surface area contributed by atoms with Crippen molar-refractivity contribution in [1.82, 2.24) is 19.6 Å². The molecule has 0 spiro atoms. The van der Waals surface area contributed by atoms with Crippen molar-refractivity contribution in [1.29, 1.82) is 0 Å². The minimum atomic E-state index is -0.554. The Kier molecular flexibility index (Phi) is 17.2. The zero-order chi connectivity index (χ0) is 31.8. The van der Waals surface area contributed by atoms with Gasteiger partial charge in [-0.1, -0.05) is 0 Å². The molecule has 12 heteroatoms. The molecule has 1 heterocycles. The molecule has 0 radical (unpaired) electrons. The van der Waals surface area contributed by atoms with Crippen LogP contribution in [0.3, 0.4) is 0 Å². The van der Waals surface area contributed by atoms with E-state index in [4.69, 9.17) is 18.9 Å². The van der Waals surface area contributed by atoms with Crippen LogP contribution in [0.15, 0.2) is 0 Å². The summed E-state index contributed by atoms with van der Waals surface area (Å²) in [6.07, 6.45) is 0.483. The molecule has 0 aromatic carbocycles. The third-order valence-corrected chi connectivity index (χ3v) is 6.35. The summed E-state index contributed by atoms with van der Waals surface area (Å²) in [7, 11) is 0. The number of nitrogens with zero attached hydrogens (tertiary/aromatic N) is 4. The van der Waals surface area contributed by atoms with Crippen LogP contribution in [0, 0.1) is 0 Å². The quantitative estimate of drug-likeness (QED) is 0.240. The zero-order valence-electron chi connectivity index (χ0n) is 27.4. The van der Waals surface area contributed by atoms with Crippen LogP contribution in [0.5, 0.6) is 0 Å². The highest BCUT2D eigenvalue weighted by Gasteiger charge is 2.23. The second-order valence-electron chi connectivity index (χ2n) is 12.5. The number of carbonyl (C=O) groups excluding carboxylic acids is 4. The number of rotatable bonds is 12. The Bertz CT molecular complexity index is 756. The van der Waals surface area contributed by atoms with Crippen molar-refractivity contribution in [3.05, 3.63) is 0 Å². The first kappa shape index (κ1) is 37.7. The Morgan fingerprint density at radius 2 is 0.786 bits per heavy atom. The van der Waals surface area contributed by atoms with Gasteiger partial charge < -0.3 is 28.7 Å². The molecule has 0 atom stereocenters. The average molecular weight is 601 g/mol. The Morgan fingerprint density at radius 3 is 1.05 bits per heavy atom. The van der Waals surface area contributed by atoms with Gasteiger partial charge in [-0.25, -0.2) is 0 Å². The monoisotopic (exact) mass is 600 g/mol. The Labute approximate surface area is 252 Å². The lowest BCUT2D eigenvalue weighted by molar-refractivity contribution is -0.156. The van der Waals surface area contributed by atoms with Gasteiger partial charge in [0.05, 0.1) is 39.1 Å². The molecule has 0 aromatic heterocycles. The molecule has 0 aromatic rings. The van der Waals surface area contributed by atoms with Crippen molar-refractivity contribution in [2.75, 3.05) is 91.8 Å². The smallest absolute Gasteiger partial charge is 0.320 e. The fourth-order valence-electron chi connectivity index (χ4n) is 4.40. The highest BCUT2D eigenvalue weighted by Crippen LogP contribution is 2.11. The molecule has 0 saturated carbocycles. The standard InChI is InChI=1S/C30H56N4O8/c1-9-39-27(37)23-33-19-15-31(13-11-25(35)41-29(3,4)5)17-21-34(24-28(38)40-10-2)22-18-32(16-20-33)14-12-26(36)42-30(6,7)8/h9-24H2,1-8H3. The molecular weight excluding hydrogens is 544 g/mol. The van der Waals surface area contributed by atoms with Gasteiger partial charge in [-0.05, 0) is 55.4 Å². The van der Waals surface area contributed by atoms with Crippen LogP contribution in [0.2, 0.25) is 0 Å². The molecule has 1 aliphatic heterocycles. The van der Waals surface area contributed by atoms with E-state index in [9.17, 15) is 19.2 Å². The SMILES string of the molecule is CCOC(=O)CN1CCN(CCC(=O)OC(C)(C)C)CCN(CC(=O)OCC)CCN(CCC(=O)OC(C)(C)C)CC1. The highest BCUT2D eigenvalue weighted by molar-refractivity contribution is 5.72. The van der Waals surface area contributed by atoms with E-state index in [2.05, 4.69) is 19.6 Å². The lowest BCUT2D eigenvalue weighted by Gasteiger charge is -2.34. The first-order chi connectivity index (χ1) is 19.6. The molecule has 0 unspecified atom stereocenters. The first-order valence-corrected chi connectivity index (χ1v) is 15.2. The van der Waals surface area contributed by atoms with Crippen molar-refractivity contribution in [2.24, 2.45) is 0 Å².